The highest BCUT2D eigenvalue weighted by Gasteiger charge is 2.28. The molecule has 1 aliphatic carbocycles. The summed E-state index contributed by atoms with van der Waals surface area (Å²) in [7, 11) is 0. The van der Waals surface area contributed by atoms with Gasteiger partial charge >= 0.3 is 6.03 Å². The predicted octanol–water partition coefficient (Wildman–Crippen LogP) is 2.48. The van der Waals surface area contributed by atoms with Gasteiger partial charge in [-0.15, -0.1) is 0 Å². The lowest BCUT2D eigenvalue weighted by molar-refractivity contribution is -0.120. The number of pyridine rings is 1. The third-order valence-electron chi connectivity index (χ3n) is 7.13. The minimum absolute atomic E-state index is 0.223. The van der Waals surface area contributed by atoms with Crippen LogP contribution in [-0.2, 0) is 11.3 Å². The minimum Gasteiger partial charge on any atom is -0.298 e. The Balaban J connectivity index is 1.26. The zero-order valence-corrected chi connectivity index (χ0v) is 18.3. The van der Waals surface area contributed by atoms with E-state index in [9.17, 15) is 9.59 Å². The first-order valence-corrected chi connectivity index (χ1v) is 11.6. The SMILES string of the molecule is C[C@H]1CN(Cc2ccn3ncc(N4CCC(=O)NC4=O)c3c2)CCN1CC1CCCC1. The molecule has 5 rings (SSSR count). The van der Waals surface area contributed by atoms with Crippen LogP contribution in [0.3, 0.4) is 0 Å². The highest BCUT2D eigenvalue weighted by molar-refractivity contribution is 6.07. The third-order valence-corrected chi connectivity index (χ3v) is 7.13. The molecule has 166 valence electrons. The number of imide groups is 1. The summed E-state index contributed by atoms with van der Waals surface area (Å²) in [5.74, 6) is 0.679. The second-order valence-electron chi connectivity index (χ2n) is 9.38. The Hall–Kier alpha value is -2.45. The van der Waals surface area contributed by atoms with Gasteiger partial charge in [0.25, 0.3) is 0 Å². The Morgan fingerprint density at radius 3 is 2.77 bits per heavy atom. The molecule has 31 heavy (non-hydrogen) atoms. The average Bonchev–Trinajstić information content (AvgIpc) is 3.40. The van der Waals surface area contributed by atoms with Gasteiger partial charge in [0.1, 0.15) is 0 Å². The molecule has 8 nitrogen and oxygen atoms in total. The van der Waals surface area contributed by atoms with Gasteiger partial charge in [-0.05, 0) is 43.4 Å². The Labute approximate surface area is 183 Å². The van der Waals surface area contributed by atoms with E-state index in [2.05, 4.69) is 39.3 Å². The maximum atomic E-state index is 12.3. The molecule has 4 heterocycles. The smallest absolute Gasteiger partial charge is 0.298 e. The fourth-order valence-corrected chi connectivity index (χ4v) is 5.38. The van der Waals surface area contributed by atoms with Crippen LogP contribution in [-0.4, -0.2) is 70.1 Å². The lowest BCUT2D eigenvalue weighted by Gasteiger charge is -2.41. The van der Waals surface area contributed by atoms with E-state index in [0.717, 1.165) is 43.3 Å². The molecule has 8 heteroatoms. The van der Waals surface area contributed by atoms with Gasteiger partial charge in [-0.2, -0.15) is 5.10 Å². The highest BCUT2D eigenvalue weighted by atomic mass is 16.2. The first kappa shape index (κ1) is 20.5. The molecule has 0 radical (unpaired) electrons. The number of nitrogens with zero attached hydrogens (tertiary/aromatic N) is 5. The Bertz CT molecular complexity index is 966. The maximum absolute atomic E-state index is 12.3. The van der Waals surface area contributed by atoms with Crippen LogP contribution < -0.4 is 10.2 Å². The van der Waals surface area contributed by atoms with Crippen molar-refractivity contribution in [2.45, 2.75) is 51.6 Å². The summed E-state index contributed by atoms with van der Waals surface area (Å²) < 4.78 is 1.80. The van der Waals surface area contributed by atoms with Crippen LogP contribution in [0.4, 0.5) is 10.5 Å². The van der Waals surface area contributed by atoms with Gasteiger partial charge < -0.3 is 0 Å². The summed E-state index contributed by atoms with van der Waals surface area (Å²) in [4.78, 5) is 30.6. The van der Waals surface area contributed by atoms with Crippen LogP contribution in [0.2, 0.25) is 0 Å². The van der Waals surface area contributed by atoms with E-state index in [1.807, 2.05) is 6.20 Å². The molecule has 3 fully saturated rings. The number of nitrogens with one attached hydrogen (secondary N) is 1. The first-order valence-electron chi connectivity index (χ1n) is 11.6. The average molecular weight is 425 g/mol. The fourth-order valence-electron chi connectivity index (χ4n) is 5.38. The molecule has 1 atom stereocenters. The second kappa shape index (κ2) is 8.59. The van der Waals surface area contributed by atoms with Crippen LogP contribution >= 0.6 is 0 Å². The zero-order valence-electron chi connectivity index (χ0n) is 18.3. The number of hydrogen-bond donors (Lipinski definition) is 1. The zero-order chi connectivity index (χ0) is 21.4. The predicted molar refractivity (Wildman–Crippen MR) is 119 cm³/mol. The minimum atomic E-state index is -0.372. The Kier molecular flexibility index (Phi) is 5.67. The summed E-state index contributed by atoms with van der Waals surface area (Å²) in [6.45, 7) is 8.21. The number of carbonyl (C=O) groups excluding carboxylic acids is 2. The van der Waals surface area contributed by atoms with Gasteiger partial charge in [0, 0.05) is 57.9 Å². The van der Waals surface area contributed by atoms with E-state index < -0.39 is 0 Å². The van der Waals surface area contributed by atoms with Crippen LogP contribution in [0, 0.1) is 5.92 Å². The molecule has 3 amide bonds. The number of piperazine rings is 1. The largest absolute Gasteiger partial charge is 0.328 e. The summed E-state index contributed by atoms with van der Waals surface area (Å²) in [6, 6.07) is 4.45. The lowest BCUT2D eigenvalue weighted by Crippen LogP contribution is -2.52. The van der Waals surface area contributed by atoms with Crippen molar-refractivity contribution in [2.75, 3.05) is 37.6 Å². The number of hydrogen-bond acceptors (Lipinski definition) is 5. The van der Waals surface area contributed by atoms with Gasteiger partial charge in [0.2, 0.25) is 5.91 Å². The van der Waals surface area contributed by atoms with E-state index in [1.165, 1.54) is 37.8 Å². The van der Waals surface area contributed by atoms with E-state index in [1.54, 1.807) is 15.6 Å². The molecule has 3 aliphatic rings. The van der Waals surface area contributed by atoms with Crippen LogP contribution in [0.25, 0.3) is 5.52 Å². The number of fused-ring (bicyclic) bond motifs is 1. The van der Waals surface area contributed by atoms with Gasteiger partial charge in [-0.3, -0.25) is 24.8 Å². The van der Waals surface area contributed by atoms with Gasteiger partial charge in [0.05, 0.1) is 17.4 Å². The highest BCUT2D eigenvalue weighted by Crippen LogP contribution is 2.28. The number of amides is 3. The van der Waals surface area contributed by atoms with Gasteiger partial charge in [-0.1, -0.05) is 12.8 Å². The molecular formula is C23H32N6O2. The standard InChI is InChI=1S/C23H32N6O2/c1-17-14-26(10-11-27(17)16-18-4-2-3-5-18)15-19-6-9-29-20(12-19)21(13-24-29)28-8-7-22(30)25-23(28)31/h6,9,12-13,17-18H,2-5,7-8,10-11,14-16H2,1H3,(H,25,30,31)/t17-/m0/s1. The van der Waals surface area contributed by atoms with Crippen molar-refractivity contribution in [3.05, 3.63) is 30.1 Å². The van der Waals surface area contributed by atoms with Crippen LogP contribution in [0.15, 0.2) is 24.5 Å². The van der Waals surface area contributed by atoms with Crippen molar-refractivity contribution >= 4 is 23.1 Å². The summed E-state index contributed by atoms with van der Waals surface area (Å²) >= 11 is 0. The fraction of sp³-hybridized carbons (Fsp3) is 0.609. The molecule has 1 N–H and O–H groups in total. The van der Waals surface area contributed by atoms with Crippen molar-refractivity contribution in [3.8, 4) is 0 Å². The van der Waals surface area contributed by atoms with E-state index >= 15 is 0 Å². The van der Waals surface area contributed by atoms with Gasteiger partial charge in [-0.25, -0.2) is 9.31 Å². The number of urea groups is 1. The molecule has 0 bridgehead atoms. The van der Waals surface area contributed by atoms with Crippen molar-refractivity contribution < 1.29 is 9.59 Å². The number of carbonyl (C=O) groups is 2. The first-order chi connectivity index (χ1) is 15.1. The molecule has 2 aromatic rings. The number of aromatic nitrogens is 2. The van der Waals surface area contributed by atoms with E-state index in [4.69, 9.17) is 0 Å². The van der Waals surface area contributed by atoms with E-state index in [-0.39, 0.29) is 11.9 Å². The molecule has 1 saturated carbocycles. The van der Waals surface area contributed by atoms with Crippen molar-refractivity contribution in [2.24, 2.45) is 5.92 Å². The third kappa shape index (κ3) is 4.32. The van der Waals surface area contributed by atoms with Crippen molar-refractivity contribution in [3.63, 3.8) is 0 Å². The summed E-state index contributed by atoms with van der Waals surface area (Å²) in [5.41, 5.74) is 2.87. The van der Waals surface area contributed by atoms with Crippen LogP contribution in [0.5, 0.6) is 0 Å². The van der Waals surface area contributed by atoms with Crippen LogP contribution in [0.1, 0.15) is 44.6 Å². The molecule has 2 aromatic heterocycles. The van der Waals surface area contributed by atoms with Crippen molar-refractivity contribution in [1.29, 1.82) is 0 Å². The topological polar surface area (TPSA) is 73.2 Å². The molecule has 0 aromatic carbocycles. The van der Waals surface area contributed by atoms with E-state index in [0.29, 0.717) is 19.0 Å². The number of anilines is 1. The normalized spacial score (nSPS) is 24.3. The summed E-state index contributed by atoms with van der Waals surface area (Å²) in [6.07, 6.45) is 9.61. The molecule has 0 spiro atoms. The summed E-state index contributed by atoms with van der Waals surface area (Å²) in [5, 5.41) is 6.79. The van der Waals surface area contributed by atoms with Gasteiger partial charge in [0.15, 0.2) is 0 Å². The quantitative estimate of drug-likeness (QED) is 0.798. The molecule has 2 saturated heterocycles. The number of rotatable bonds is 5. The Morgan fingerprint density at radius 1 is 1.16 bits per heavy atom. The monoisotopic (exact) mass is 424 g/mol. The lowest BCUT2D eigenvalue weighted by atomic mass is 10.0. The molecule has 2 aliphatic heterocycles. The maximum Gasteiger partial charge on any atom is 0.328 e. The van der Waals surface area contributed by atoms with Crippen molar-refractivity contribution in [1.82, 2.24) is 24.7 Å². The second-order valence-corrected chi connectivity index (χ2v) is 9.38. The Morgan fingerprint density at radius 2 is 2.00 bits per heavy atom. The molecule has 0 unspecified atom stereocenters. The molecular weight excluding hydrogens is 392 g/mol.